The zero-order valence-electron chi connectivity index (χ0n) is 10.6. The average molecular weight is 312 g/mol. The van der Waals surface area contributed by atoms with Gasteiger partial charge in [0.1, 0.15) is 13.2 Å². The molecule has 1 N–H and O–H groups in total. The number of piperidine rings is 1. The van der Waals surface area contributed by atoms with Gasteiger partial charge in [0, 0.05) is 6.54 Å². The van der Waals surface area contributed by atoms with E-state index in [1.54, 1.807) is 0 Å². The molecule has 1 aromatic rings. The van der Waals surface area contributed by atoms with Gasteiger partial charge in [-0.3, -0.25) is 0 Å². The molecule has 3 nitrogen and oxygen atoms in total. The van der Waals surface area contributed by atoms with E-state index in [-0.39, 0.29) is 0 Å². The minimum atomic E-state index is 0.589. The first-order chi connectivity index (χ1) is 8.77. The maximum atomic E-state index is 5.72. The van der Waals surface area contributed by atoms with Gasteiger partial charge in [-0.05, 0) is 65.4 Å². The van der Waals surface area contributed by atoms with Crippen molar-refractivity contribution < 1.29 is 9.47 Å². The summed E-state index contributed by atoms with van der Waals surface area (Å²) in [6.07, 6.45) is 2.50. The van der Waals surface area contributed by atoms with Crippen LogP contribution in [-0.2, 0) is 0 Å². The number of nitrogens with one attached hydrogen (secondary N) is 1. The van der Waals surface area contributed by atoms with Crippen LogP contribution in [0.15, 0.2) is 10.5 Å². The third-order valence-corrected chi connectivity index (χ3v) is 4.75. The van der Waals surface area contributed by atoms with Crippen molar-refractivity contribution in [2.75, 3.05) is 26.3 Å². The average Bonchev–Trinajstić information content (AvgIpc) is 2.44. The maximum Gasteiger partial charge on any atom is 0.175 e. The van der Waals surface area contributed by atoms with Gasteiger partial charge >= 0.3 is 0 Å². The van der Waals surface area contributed by atoms with Gasteiger partial charge in [0.05, 0.1) is 4.47 Å². The largest absolute Gasteiger partial charge is 0.486 e. The molecule has 98 valence electrons. The zero-order valence-corrected chi connectivity index (χ0v) is 12.2. The molecule has 0 bridgehead atoms. The number of fused-ring (bicyclic) bond motifs is 1. The van der Waals surface area contributed by atoms with E-state index < -0.39 is 0 Å². The van der Waals surface area contributed by atoms with Crippen LogP contribution in [-0.4, -0.2) is 26.3 Å². The van der Waals surface area contributed by atoms with Gasteiger partial charge in [-0.15, -0.1) is 0 Å². The molecule has 1 fully saturated rings. The molecular formula is C14H18BrNO2. The molecule has 4 heteroatoms. The molecule has 0 amide bonds. The molecule has 2 aliphatic rings. The highest BCUT2D eigenvalue weighted by molar-refractivity contribution is 9.10. The lowest BCUT2D eigenvalue weighted by atomic mass is 9.88. The second-order valence-corrected chi connectivity index (χ2v) is 5.77. The van der Waals surface area contributed by atoms with Crippen molar-refractivity contribution in [3.8, 4) is 11.5 Å². The first kappa shape index (κ1) is 12.3. The Labute approximate surface area is 116 Å². The van der Waals surface area contributed by atoms with Crippen LogP contribution in [0.3, 0.4) is 0 Å². The second-order valence-electron chi connectivity index (χ2n) is 4.97. The predicted octanol–water partition coefficient (Wildman–Crippen LogP) is 3.00. The summed E-state index contributed by atoms with van der Waals surface area (Å²) in [4.78, 5) is 0. The number of hydrogen-bond donors (Lipinski definition) is 1. The highest BCUT2D eigenvalue weighted by Crippen LogP contribution is 2.43. The molecule has 0 aliphatic carbocycles. The van der Waals surface area contributed by atoms with Crippen LogP contribution in [0.25, 0.3) is 0 Å². The van der Waals surface area contributed by atoms with Gasteiger partial charge in [-0.2, -0.15) is 0 Å². The fourth-order valence-electron chi connectivity index (χ4n) is 2.80. The van der Waals surface area contributed by atoms with Crippen LogP contribution in [0, 0.1) is 6.92 Å². The Morgan fingerprint density at radius 1 is 1.33 bits per heavy atom. The molecule has 1 atom stereocenters. The summed E-state index contributed by atoms with van der Waals surface area (Å²) in [6, 6.07) is 2.17. The van der Waals surface area contributed by atoms with Crippen molar-refractivity contribution in [1.29, 1.82) is 0 Å². The molecule has 0 saturated carbocycles. The highest BCUT2D eigenvalue weighted by atomic mass is 79.9. The third kappa shape index (κ3) is 2.12. The number of ether oxygens (including phenoxy) is 2. The Morgan fingerprint density at radius 2 is 2.17 bits per heavy atom. The van der Waals surface area contributed by atoms with Crippen molar-refractivity contribution >= 4 is 15.9 Å². The Balaban J connectivity index is 2.01. The summed E-state index contributed by atoms with van der Waals surface area (Å²) in [7, 11) is 0. The van der Waals surface area contributed by atoms with Gasteiger partial charge in [0.25, 0.3) is 0 Å². The van der Waals surface area contributed by atoms with Crippen LogP contribution >= 0.6 is 15.9 Å². The monoisotopic (exact) mass is 311 g/mol. The second kappa shape index (κ2) is 5.10. The van der Waals surface area contributed by atoms with Crippen molar-refractivity contribution in [1.82, 2.24) is 5.32 Å². The standard InChI is InChI=1S/C14H18BrNO2/c1-9-11(10-3-2-4-16-8-10)7-12-14(13(9)15)18-6-5-17-12/h7,10,16H,2-6,8H2,1H3. The molecule has 1 saturated heterocycles. The van der Waals surface area contributed by atoms with Crippen molar-refractivity contribution in [3.63, 3.8) is 0 Å². The van der Waals surface area contributed by atoms with E-state index in [9.17, 15) is 0 Å². The minimum Gasteiger partial charge on any atom is -0.486 e. The summed E-state index contributed by atoms with van der Waals surface area (Å²) in [5.41, 5.74) is 2.67. The van der Waals surface area contributed by atoms with Crippen LogP contribution in [0.1, 0.15) is 29.9 Å². The molecule has 1 unspecified atom stereocenters. The number of halogens is 1. The zero-order chi connectivity index (χ0) is 12.5. The van der Waals surface area contributed by atoms with Gasteiger partial charge in [0.2, 0.25) is 0 Å². The summed E-state index contributed by atoms with van der Waals surface area (Å²) < 4.78 is 12.5. The smallest absolute Gasteiger partial charge is 0.175 e. The van der Waals surface area contributed by atoms with E-state index in [0.717, 1.165) is 29.1 Å². The van der Waals surface area contributed by atoms with Crippen molar-refractivity contribution in [3.05, 3.63) is 21.7 Å². The summed E-state index contributed by atoms with van der Waals surface area (Å²) in [6.45, 7) is 5.64. The molecule has 3 rings (SSSR count). The molecule has 2 heterocycles. The Kier molecular flexibility index (Phi) is 3.48. The van der Waals surface area contributed by atoms with Crippen LogP contribution in [0.5, 0.6) is 11.5 Å². The normalized spacial score (nSPS) is 22.9. The van der Waals surface area contributed by atoms with E-state index >= 15 is 0 Å². The number of rotatable bonds is 1. The van der Waals surface area contributed by atoms with E-state index in [2.05, 4.69) is 34.2 Å². The van der Waals surface area contributed by atoms with Gasteiger partial charge in [-0.25, -0.2) is 0 Å². The number of benzene rings is 1. The van der Waals surface area contributed by atoms with E-state index in [4.69, 9.17) is 9.47 Å². The van der Waals surface area contributed by atoms with Crippen LogP contribution in [0.4, 0.5) is 0 Å². The topological polar surface area (TPSA) is 30.5 Å². The summed E-state index contributed by atoms with van der Waals surface area (Å²) in [5, 5.41) is 3.47. The van der Waals surface area contributed by atoms with Crippen LogP contribution < -0.4 is 14.8 Å². The minimum absolute atomic E-state index is 0.589. The highest BCUT2D eigenvalue weighted by Gasteiger charge is 2.24. The lowest BCUT2D eigenvalue weighted by Crippen LogP contribution is -2.29. The molecule has 1 aromatic carbocycles. The first-order valence-corrected chi connectivity index (χ1v) is 7.36. The molecule has 0 radical (unpaired) electrons. The lowest BCUT2D eigenvalue weighted by molar-refractivity contribution is 0.170. The fraction of sp³-hybridized carbons (Fsp3) is 0.571. The van der Waals surface area contributed by atoms with Crippen molar-refractivity contribution in [2.24, 2.45) is 0 Å². The Hall–Kier alpha value is -0.740. The van der Waals surface area contributed by atoms with Gasteiger partial charge < -0.3 is 14.8 Å². The molecule has 2 aliphatic heterocycles. The maximum absolute atomic E-state index is 5.72. The number of hydrogen-bond acceptors (Lipinski definition) is 3. The molecular weight excluding hydrogens is 294 g/mol. The van der Waals surface area contributed by atoms with Gasteiger partial charge in [0.15, 0.2) is 11.5 Å². The van der Waals surface area contributed by atoms with E-state index in [1.165, 1.54) is 24.0 Å². The lowest BCUT2D eigenvalue weighted by Gasteiger charge is -2.28. The Bertz CT molecular complexity index is 456. The third-order valence-electron chi connectivity index (χ3n) is 3.80. The Morgan fingerprint density at radius 3 is 2.94 bits per heavy atom. The SMILES string of the molecule is Cc1c(C2CCCNC2)cc2c(c1Br)OCCO2. The van der Waals surface area contributed by atoms with E-state index in [0.29, 0.717) is 19.1 Å². The fourth-order valence-corrected chi connectivity index (χ4v) is 3.34. The summed E-state index contributed by atoms with van der Waals surface area (Å²) in [5.74, 6) is 2.34. The van der Waals surface area contributed by atoms with E-state index in [1.807, 2.05) is 0 Å². The first-order valence-electron chi connectivity index (χ1n) is 6.56. The van der Waals surface area contributed by atoms with Crippen molar-refractivity contribution in [2.45, 2.75) is 25.7 Å². The summed E-state index contributed by atoms with van der Waals surface area (Å²) >= 11 is 3.66. The predicted molar refractivity (Wildman–Crippen MR) is 74.7 cm³/mol. The molecule has 0 spiro atoms. The quantitative estimate of drug-likeness (QED) is 0.865. The molecule has 0 aromatic heterocycles. The van der Waals surface area contributed by atoms with Crippen LogP contribution in [0.2, 0.25) is 0 Å². The molecule has 18 heavy (non-hydrogen) atoms. The van der Waals surface area contributed by atoms with Gasteiger partial charge in [-0.1, -0.05) is 0 Å².